The van der Waals surface area contributed by atoms with Gasteiger partial charge in [-0.2, -0.15) is 0 Å². The third kappa shape index (κ3) is 5.22. The van der Waals surface area contributed by atoms with Crippen molar-refractivity contribution in [2.75, 3.05) is 37.0 Å². The van der Waals surface area contributed by atoms with E-state index < -0.39 is 0 Å². The molecule has 0 saturated carbocycles. The van der Waals surface area contributed by atoms with Crippen LogP contribution in [-0.2, 0) is 11.8 Å². The topological polar surface area (TPSA) is 119 Å². The second-order valence-corrected chi connectivity index (χ2v) is 9.42. The predicted molar refractivity (Wildman–Crippen MR) is 142 cm³/mol. The molecule has 4 N–H and O–H groups in total. The molecule has 11 heteroatoms. The van der Waals surface area contributed by atoms with Crippen LogP contribution in [0.15, 0.2) is 35.1 Å². The van der Waals surface area contributed by atoms with Gasteiger partial charge >= 0.3 is 0 Å². The lowest BCUT2D eigenvalue weighted by Crippen LogP contribution is -2.46. The average Bonchev–Trinajstić information content (AvgIpc) is 2.85. The summed E-state index contributed by atoms with van der Waals surface area (Å²) in [5.41, 5.74) is 7.63. The Bertz CT molecular complexity index is 1410. The number of carbonyl (C=O) groups is 1. The van der Waals surface area contributed by atoms with Crippen molar-refractivity contribution >= 4 is 51.4 Å². The fraction of sp³-hybridized carbons (Fsp3) is 0.360. The lowest BCUT2D eigenvalue weighted by atomic mass is 9.96. The van der Waals surface area contributed by atoms with E-state index in [1.807, 2.05) is 17.0 Å². The maximum atomic E-state index is 12.6. The summed E-state index contributed by atoms with van der Waals surface area (Å²) >= 11 is 6.49. The summed E-state index contributed by atoms with van der Waals surface area (Å²) in [5, 5.41) is 6.73. The van der Waals surface area contributed by atoms with E-state index in [9.17, 15) is 9.59 Å². The number of fused-ring (bicyclic) bond motifs is 1. The van der Waals surface area contributed by atoms with E-state index >= 15 is 0 Å². The number of pyridine rings is 2. The summed E-state index contributed by atoms with van der Waals surface area (Å²) in [5.74, 6) is 1.07. The molecule has 0 radical (unpaired) electrons. The fourth-order valence-electron chi connectivity index (χ4n) is 4.43. The smallest absolute Gasteiger partial charge is 0.293 e. The Morgan fingerprint density at radius 2 is 2.11 bits per heavy atom. The highest BCUT2D eigenvalue weighted by Gasteiger charge is 2.26. The van der Waals surface area contributed by atoms with Crippen LogP contribution in [0.3, 0.4) is 0 Å². The molecule has 0 bridgehead atoms. The number of benzene rings is 1. The largest absolute Gasteiger partial charge is 0.478 e. The summed E-state index contributed by atoms with van der Waals surface area (Å²) in [6, 6.07) is 8.67. The minimum absolute atomic E-state index is 0.00756. The highest BCUT2D eigenvalue weighted by Crippen LogP contribution is 2.37. The number of halogens is 1. The summed E-state index contributed by atoms with van der Waals surface area (Å²) in [6.45, 7) is 10.8. The maximum Gasteiger partial charge on any atom is 0.293 e. The predicted octanol–water partition coefficient (Wildman–Crippen LogP) is 3.18. The first-order chi connectivity index (χ1) is 17.2. The number of amides is 1. The average molecular weight is 510 g/mol. The molecule has 1 amide bonds. The van der Waals surface area contributed by atoms with Gasteiger partial charge in [0.2, 0.25) is 5.69 Å². The van der Waals surface area contributed by atoms with Crippen LogP contribution in [0, 0.1) is 12.5 Å². The number of anilines is 3. The Morgan fingerprint density at radius 3 is 2.81 bits per heavy atom. The number of nitrogens with two attached hydrogens (primary N) is 1. The molecule has 1 fully saturated rings. The van der Waals surface area contributed by atoms with Gasteiger partial charge in [0.25, 0.3) is 11.5 Å². The summed E-state index contributed by atoms with van der Waals surface area (Å²) < 4.78 is 6.90. The minimum atomic E-state index is -0.342. The van der Waals surface area contributed by atoms with E-state index in [0.717, 1.165) is 18.4 Å². The number of ether oxygens (including phenoxy) is 1. The number of carbonyl (C=O) groups excluding carboxylic acids is 1. The third-order valence-corrected chi connectivity index (χ3v) is 6.43. The Morgan fingerprint density at radius 1 is 1.33 bits per heavy atom. The van der Waals surface area contributed by atoms with Gasteiger partial charge in [-0.25, -0.2) is 9.83 Å². The van der Waals surface area contributed by atoms with Crippen LogP contribution in [0.1, 0.15) is 13.3 Å². The van der Waals surface area contributed by atoms with Crippen molar-refractivity contribution in [2.45, 2.75) is 19.4 Å². The highest BCUT2D eigenvalue weighted by molar-refractivity contribution is 6.33. The number of piperidine rings is 1. The molecule has 1 aliphatic rings. The first-order valence-corrected chi connectivity index (χ1v) is 11.9. The third-order valence-electron chi connectivity index (χ3n) is 6.14. The van der Waals surface area contributed by atoms with Gasteiger partial charge in [0.1, 0.15) is 11.6 Å². The first-order valence-electron chi connectivity index (χ1n) is 11.5. The van der Waals surface area contributed by atoms with Crippen molar-refractivity contribution in [3.05, 3.63) is 57.1 Å². The van der Waals surface area contributed by atoms with Crippen molar-refractivity contribution in [1.82, 2.24) is 14.9 Å². The number of aromatic nitrogens is 2. The van der Waals surface area contributed by atoms with E-state index in [-0.39, 0.29) is 29.9 Å². The highest BCUT2D eigenvalue weighted by atomic mass is 35.5. The zero-order chi connectivity index (χ0) is 26.0. The molecule has 3 aromatic rings. The van der Waals surface area contributed by atoms with Gasteiger partial charge in [-0.15, -0.1) is 0 Å². The van der Waals surface area contributed by atoms with E-state index in [1.165, 1.54) is 11.6 Å². The molecule has 10 nitrogen and oxygen atoms in total. The molecule has 2 atom stereocenters. The van der Waals surface area contributed by atoms with E-state index in [0.29, 0.717) is 46.0 Å². The number of nitrogens with one attached hydrogen (secondary N) is 2. The lowest BCUT2D eigenvalue weighted by Gasteiger charge is -2.36. The molecule has 0 aliphatic carbocycles. The van der Waals surface area contributed by atoms with Gasteiger partial charge < -0.3 is 30.6 Å². The molecule has 1 aromatic carbocycles. The Kier molecular flexibility index (Phi) is 7.33. The number of hydrogen-bond donors (Lipinski definition) is 3. The monoisotopic (exact) mass is 509 g/mol. The Hall–Kier alpha value is -3.81. The van der Waals surface area contributed by atoms with Crippen molar-refractivity contribution in [3.8, 4) is 5.75 Å². The first kappa shape index (κ1) is 25.3. The second-order valence-electron chi connectivity index (χ2n) is 9.01. The van der Waals surface area contributed by atoms with Crippen LogP contribution in [0.2, 0.25) is 5.02 Å². The summed E-state index contributed by atoms with van der Waals surface area (Å²) in [4.78, 5) is 34.6. The van der Waals surface area contributed by atoms with Crippen molar-refractivity contribution < 1.29 is 9.53 Å². The van der Waals surface area contributed by atoms with E-state index in [2.05, 4.69) is 22.4 Å². The molecule has 4 rings (SSSR count). The molecule has 3 heterocycles. The van der Waals surface area contributed by atoms with Crippen molar-refractivity contribution in [1.29, 1.82) is 0 Å². The van der Waals surface area contributed by atoms with Crippen LogP contribution in [0.4, 0.5) is 23.0 Å². The van der Waals surface area contributed by atoms with Crippen LogP contribution < -0.4 is 31.6 Å². The van der Waals surface area contributed by atoms with Crippen LogP contribution >= 0.6 is 11.6 Å². The SMILES string of the molecule is [C-]#[N+]c1cc(Cl)c(Nc2ccc3c(c2)cc(OCC(=O)NC)c(=O)n3C)nc1N1C[C@@H](C)C[C@@H](N)C1. The van der Waals surface area contributed by atoms with Gasteiger partial charge in [0, 0.05) is 44.3 Å². The zero-order valence-electron chi connectivity index (χ0n) is 20.3. The molecule has 36 heavy (non-hydrogen) atoms. The molecule has 188 valence electrons. The van der Waals surface area contributed by atoms with E-state index in [4.69, 9.17) is 33.6 Å². The van der Waals surface area contributed by atoms with Crippen LogP contribution in [-0.4, -0.2) is 48.2 Å². The Balaban J connectivity index is 1.68. The number of likely N-dealkylation sites (N-methyl/N-ethyl adjacent to an activating group) is 1. The number of nitrogens with zero attached hydrogens (tertiary/aromatic N) is 4. The summed E-state index contributed by atoms with van der Waals surface area (Å²) in [6.07, 6.45) is 0.928. The van der Waals surface area contributed by atoms with Gasteiger partial charge in [-0.05, 0) is 42.7 Å². The van der Waals surface area contributed by atoms with Gasteiger partial charge in [-0.1, -0.05) is 18.5 Å². The molecular weight excluding hydrogens is 482 g/mol. The molecule has 0 spiro atoms. The normalized spacial score (nSPS) is 17.5. The molecule has 1 saturated heterocycles. The van der Waals surface area contributed by atoms with Crippen molar-refractivity contribution in [2.24, 2.45) is 18.7 Å². The minimum Gasteiger partial charge on any atom is -0.478 e. The Labute approximate surface area is 213 Å². The lowest BCUT2D eigenvalue weighted by molar-refractivity contribution is -0.122. The van der Waals surface area contributed by atoms with Crippen LogP contribution in [0.25, 0.3) is 15.7 Å². The van der Waals surface area contributed by atoms with Crippen LogP contribution in [0.5, 0.6) is 5.75 Å². The van der Waals surface area contributed by atoms with E-state index in [1.54, 1.807) is 25.2 Å². The molecule has 2 aromatic heterocycles. The van der Waals surface area contributed by atoms with Crippen molar-refractivity contribution in [3.63, 3.8) is 0 Å². The number of hydrogen-bond acceptors (Lipinski definition) is 7. The molecular formula is C25H28ClN7O3. The van der Waals surface area contributed by atoms with Gasteiger partial charge in [0.05, 0.1) is 17.1 Å². The van der Waals surface area contributed by atoms with Gasteiger partial charge in [-0.3, -0.25) is 9.59 Å². The molecule has 1 aliphatic heterocycles. The molecule has 0 unspecified atom stereocenters. The zero-order valence-corrected chi connectivity index (χ0v) is 21.1. The van der Waals surface area contributed by atoms with Gasteiger partial charge in [0.15, 0.2) is 12.4 Å². The quantitative estimate of drug-likeness (QED) is 0.437. The fourth-order valence-corrected chi connectivity index (χ4v) is 4.62. The summed E-state index contributed by atoms with van der Waals surface area (Å²) in [7, 11) is 3.14. The number of aryl methyl sites for hydroxylation is 1. The second kappa shape index (κ2) is 10.4. The standard InChI is InChI=1S/C25H28ClN7O3/c1-14-7-16(27)12-33(11-14)24-19(28-2)10-18(26)23(31-24)30-17-5-6-20-15(8-17)9-21(25(35)32(20)4)36-13-22(34)29-3/h5-6,8-10,14,16H,7,11-13,27H2,1,3-4H3,(H,29,34)(H,30,31)/t14-,16+/m0/s1. The maximum absolute atomic E-state index is 12.6. The number of rotatable bonds is 6.